The van der Waals surface area contributed by atoms with E-state index in [4.69, 9.17) is 16.3 Å². The van der Waals surface area contributed by atoms with E-state index in [9.17, 15) is 19.5 Å². The number of halogens is 1. The Morgan fingerprint density at radius 3 is 2.53 bits per heavy atom. The Bertz CT molecular complexity index is 1470. The van der Waals surface area contributed by atoms with Gasteiger partial charge in [0.15, 0.2) is 5.69 Å². The molecule has 10 heteroatoms. The lowest BCUT2D eigenvalue weighted by atomic mass is 9.94. The molecule has 38 heavy (non-hydrogen) atoms. The van der Waals surface area contributed by atoms with Gasteiger partial charge in [-0.1, -0.05) is 23.7 Å². The second kappa shape index (κ2) is 9.47. The van der Waals surface area contributed by atoms with Gasteiger partial charge >= 0.3 is 12.1 Å². The molecule has 0 aliphatic carbocycles. The normalized spacial score (nSPS) is 15.2. The third-order valence-electron chi connectivity index (χ3n) is 6.74. The van der Waals surface area contributed by atoms with Crippen molar-refractivity contribution >= 4 is 35.3 Å². The first-order chi connectivity index (χ1) is 17.9. The summed E-state index contributed by atoms with van der Waals surface area (Å²) >= 11 is 6.18. The van der Waals surface area contributed by atoms with Crippen molar-refractivity contribution in [2.75, 3.05) is 18.0 Å². The van der Waals surface area contributed by atoms with E-state index in [0.717, 1.165) is 22.4 Å². The van der Waals surface area contributed by atoms with Crippen molar-refractivity contribution in [3.63, 3.8) is 0 Å². The molecular formula is C28H29ClN4O5. The average Bonchev–Trinajstić information content (AvgIpc) is 3.24. The van der Waals surface area contributed by atoms with Crippen LogP contribution in [0.3, 0.4) is 0 Å². The number of carbonyl (C=O) groups is 3. The van der Waals surface area contributed by atoms with Crippen molar-refractivity contribution in [1.29, 1.82) is 0 Å². The number of amides is 2. The van der Waals surface area contributed by atoms with E-state index in [1.807, 2.05) is 33.8 Å². The molecule has 0 saturated heterocycles. The fourth-order valence-corrected chi connectivity index (χ4v) is 5.23. The van der Waals surface area contributed by atoms with E-state index in [0.29, 0.717) is 48.7 Å². The van der Waals surface area contributed by atoms with Gasteiger partial charge in [-0.3, -0.25) is 4.79 Å². The molecule has 198 valence electrons. The quantitative estimate of drug-likeness (QED) is 0.503. The van der Waals surface area contributed by atoms with Crippen LogP contribution in [-0.4, -0.2) is 56.4 Å². The van der Waals surface area contributed by atoms with Gasteiger partial charge in [0.05, 0.1) is 5.69 Å². The molecule has 3 heterocycles. The summed E-state index contributed by atoms with van der Waals surface area (Å²) in [6.07, 6.45) is 0.664. The van der Waals surface area contributed by atoms with E-state index in [1.54, 1.807) is 34.1 Å². The Morgan fingerprint density at radius 1 is 1.08 bits per heavy atom. The molecule has 2 aromatic carbocycles. The Morgan fingerprint density at radius 2 is 1.84 bits per heavy atom. The molecule has 3 aromatic rings. The smallest absolute Gasteiger partial charge is 0.410 e. The largest absolute Gasteiger partial charge is 0.476 e. The first-order valence-electron chi connectivity index (χ1n) is 12.5. The second-order valence-electron chi connectivity index (χ2n) is 10.6. The van der Waals surface area contributed by atoms with Crippen molar-refractivity contribution in [3.8, 4) is 5.69 Å². The highest BCUT2D eigenvalue weighted by atomic mass is 35.5. The second-order valence-corrected chi connectivity index (χ2v) is 11.1. The van der Waals surface area contributed by atoms with Gasteiger partial charge in [0.25, 0.3) is 5.91 Å². The third kappa shape index (κ3) is 4.74. The summed E-state index contributed by atoms with van der Waals surface area (Å²) in [7, 11) is 0. The predicted octanol–water partition coefficient (Wildman–Crippen LogP) is 5.03. The zero-order valence-corrected chi connectivity index (χ0v) is 22.5. The molecule has 5 rings (SSSR count). The zero-order valence-electron chi connectivity index (χ0n) is 21.7. The summed E-state index contributed by atoms with van der Waals surface area (Å²) in [6.45, 7) is 8.72. The van der Waals surface area contributed by atoms with Gasteiger partial charge in [-0.05, 0) is 81.5 Å². The molecule has 0 radical (unpaired) electrons. The fraction of sp³-hybridized carbons (Fsp3) is 0.357. The highest BCUT2D eigenvalue weighted by molar-refractivity contribution is 6.30. The van der Waals surface area contributed by atoms with Crippen LogP contribution in [0, 0.1) is 6.92 Å². The maximum absolute atomic E-state index is 13.9. The summed E-state index contributed by atoms with van der Waals surface area (Å²) in [5, 5.41) is 14.5. The summed E-state index contributed by atoms with van der Waals surface area (Å²) in [4.78, 5) is 41.9. The molecule has 0 saturated carbocycles. The molecular weight excluding hydrogens is 508 g/mol. The lowest BCUT2D eigenvalue weighted by Crippen LogP contribution is -2.41. The molecule has 0 unspecified atom stereocenters. The van der Waals surface area contributed by atoms with Crippen LogP contribution in [0.15, 0.2) is 36.4 Å². The third-order valence-corrected chi connectivity index (χ3v) is 6.98. The monoisotopic (exact) mass is 536 g/mol. The van der Waals surface area contributed by atoms with Crippen LogP contribution >= 0.6 is 11.6 Å². The maximum Gasteiger partial charge on any atom is 0.410 e. The number of benzene rings is 2. The Labute approximate surface area is 225 Å². The number of aromatic nitrogens is 2. The molecule has 2 aliphatic rings. The number of ether oxygens (including phenoxy) is 1. The molecule has 0 fully saturated rings. The number of hydrogen-bond donors (Lipinski definition) is 1. The van der Waals surface area contributed by atoms with Gasteiger partial charge in [0.1, 0.15) is 11.3 Å². The Kier molecular flexibility index (Phi) is 6.43. The SMILES string of the molecule is Cc1cc2c(cc1N1CCc3c(C(=O)O)nn(-c4cccc(Cl)c4)c3C1=O)CN(C(=O)OC(C)(C)C)CC2. The molecule has 1 aromatic heterocycles. The van der Waals surface area contributed by atoms with Crippen molar-refractivity contribution in [3.05, 3.63) is 75.1 Å². The number of rotatable bonds is 3. The number of aromatic carboxylic acids is 1. The molecule has 2 aliphatic heterocycles. The zero-order chi connectivity index (χ0) is 27.4. The minimum atomic E-state index is -1.18. The Balaban J connectivity index is 1.52. The van der Waals surface area contributed by atoms with Gasteiger partial charge in [-0.15, -0.1) is 0 Å². The molecule has 1 N–H and O–H groups in total. The van der Waals surface area contributed by atoms with Gasteiger partial charge in [-0.2, -0.15) is 5.10 Å². The minimum Gasteiger partial charge on any atom is -0.476 e. The van der Waals surface area contributed by atoms with Crippen molar-refractivity contribution in [1.82, 2.24) is 14.7 Å². The highest BCUT2D eigenvalue weighted by Gasteiger charge is 2.36. The number of carbonyl (C=O) groups excluding carboxylic acids is 2. The van der Waals surface area contributed by atoms with Crippen molar-refractivity contribution in [2.45, 2.75) is 52.7 Å². The van der Waals surface area contributed by atoms with E-state index in [-0.39, 0.29) is 23.4 Å². The maximum atomic E-state index is 13.9. The predicted molar refractivity (Wildman–Crippen MR) is 142 cm³/mol. The van der Waals surface area contributed by atoms with E-state index in [1.165, 1.54) is 4.68 Å². The number of carboxylic acid groups (broad SMARTS) is 1. The lowest BCUT2D eigenvalue weighted by molar-refractivity contribution is 0.0223. The van der Waals surface area contributed by atoms with Crippen LogP contribution in [0.25, 0.3) is 5.69 Å². The lowest BCUT2D eigenvalue weighted by Gasteiger charge is -2.33. The van der Waals surface area contributed by atoms with Crippen LogP contribution in [0.5, 0.6) is 0 Å². The number of aryl methyl sites for hydroxylation is 1. The van der Waals surface area contributed by atoms with Gasteiger partial charge in [0.2, 0.25) is 0 Å². The Hall–Kier alpha value is -3.85. The molecule has 0 bridgehead atoms. The number of hydrogen-bond acceptors (Lipinski definition) is 5. The van der Waals surface area contributed by atoms with Gasteiger partial charge in [0, 0.05) is 35.9 Å². The van der Waals surface area contributed by atoms with Gasteiger partial charge < -0.3 is 19.6 Å². The van der Waals surface area contributed by atoms with E-state index in [2.05, 4.69) is 11.2 Å². The summed E-state index contributed by atoms with van der Waals surface area (Å²) in [5.41, 5.74) is 4.14. The fourth-order valence-electron chi connectivity index (χ4n) is 5.05. The van der Waals surface area contributed by atoms with Crippen LogP contribution < -0.4 is 4.90 Å². The summed E-state index contributed by atoms with van der Waals surface area (Å²) in [6, 6.07) is 10.8. The summed E-state index contributed by atoms with van der Waals surface area (Å²) < 4.78 is 6.93. The average molecular weight is 537 g/mol. The molecule has 0 spiro atoms. The van der Waals surface area contributed by atoms with Crippen LogP contribution in [0.1, 0.15) is 64.0 Å². The number of nitrogens with zero attached hydrogens (tertiary/aromatic N) is 4. The van der Waals surface area contributed by atoms with Crippen LogP contribution in [0.2, 0.25) is 5.02 Å². The molecule has 9 nitrogen and oxygen atoms in total. The number of carboxylic acids is 1. The first-order valence-corrected chi connectivity index (χ1v) is 12.8. The molecule has 2 amide bonds. The van der Waals surface area contributed by atoms with Gasteiger partial charge in [-0.25, -0.2) is 14.3 Å². The van der Waals surface area contributed by atoms with Crippen molar-refractivity contribution in [2.24, 2.45) is 0 Å². The van der Waals surface area contributed by atoms with Crippen molar-refractivity contribution < 1.29 is 24.2 Å². The number of anilines is 1. The van der Waals surface area contributed by atoms with E-state index < -0.39 is 11.6 Å². The topological polar surface area (TPSA) is 105 Å². The summed E-state index contributed by atoms with van der Waals surface area (Å²) in [5.74, 6) is -1.52. The molecule has 0 atom stereocenters. The van der Waals surface area contributed by atoms with Crippen LogP contribution in [0.4, 0.5) is 10.5 Å². The number of fused-ring (bicyclic) bond motifs is 2. The first kappa shape index (κ1) is 25.8. The standard InChI is InChI=1S/C28H29ClN4O5/c1-16-12-17-8-10-31(27(37)38-28(2,3)4)15-18(17)13-22(16)32-11-9-21-23(26(35)36)30-33(24(21)25(32)34)20-7-5-6-19(29)14-20/h5-7,12-14H,8-11,15H2,1-4H3,(H,35,36). The van der Waals surface area contributed by atoms with E-state index >= 15 is 0 Å². The minimum absolute atomic E-state index is 0.136. The van der Waals surface area contributed by atoms with Crippen LogP contribution in [-0.2, 0) is 24.1 Å². The highest BCUT2D eigenvalue weighted by Crippen LogP contribution is 2.34.